The Morgan fingerprint density at radius 1 is 1.21 bits per heavy atom. The van der Waals surface area contributed by atoms with Crippen LogP contribution in [0, 0.1) is 0 Å². The van der Waals surface area contributed by atoms with Crippen LogP contribution in [0.4, 0.5) is 0 Å². The Kier molecular flexibility index (Phi) is 6.82. The highest BCUT2D eigenvalue weighted by Gasteiger charge is 2.16. The normalized spacial score (nSPS) is 11.2. The molecule has 1 aromatic rings. The lowest BCUT2D eigenvalue weighted by Crippen LogP contribution is -2.46. The number of hydrogen-bond acceptors (Lipinski definition) is 4. The lowest BCUT2D eigenvalue weighted by molar-refractivity contribution is -0.131. The van der Waals surface area contributed by atoms with Crippen LogP contribution < -0.4 is 14.8 Å². The molecule has 0 heterocycles. The molecule has 0 aromatic heterocycles. The van der Waals surface area contributed by atoms with Gasteiger partial charge in [-0.15, -0.1) is 0 Å². The van der Waals surface area contributed by atoms with Gasteiger partial charge in [-0.2, -0.15) is 0 Å². The molecule has 1 rings (SSSR count). The monoisotopic (exact) mass is 334 g/mol. The van der Waals surface area contributed by atoms with Crippen LogP contribution in [0.2, 0.25) is 0 Å². The SMILES string of the molecule is COc1ccc(OC)c(/C=C/C(=O)N(C)CC(=O)NC(C)(C)C)c1. The third-order valence-electron chi connectivity index (χ3n) is 3.11. The zero-order valence-electron chi connectivity index (χ0n) is 15.2. The van der Waals surface area contributed by atoms with Gasteiger partial charge in [0.15, 0.2) is 0 Å². The van der Waals surface area contributed by atoms with Crippen LogP contribution in [-0.2, 0) is 9.59 Å². The van der Waals surface area contributed by atoms with Crippen molar-refractivity contribution in [3.63, 3.8) is 0 Å². The van der Waals surface area contributed by atoms with E-state index in [0.717, 1.165) is 5.56 Å². The number of amides is 2. The Balaban J connectivity index is 2.76. The molecule has 0 atom stereocenters. The topological polar surface area (TPSA) is 67.9 Å². The molecular formula is C18H26N2O4. The predicted octanol–water partition coefficient (Wildman–Crippen LogP) is 2.09. The van der Waals surface area contributed by atoms with Gasteiger partial charge >= 0.3 is 0 Å². The average molecular weight is 334 g/mol. The largest absolute Gasteiger partial charge is 0.497 e. The van der Waals surface area contributed by atoms with Crippen molar-refractivity contribution in [2.75, 3.05) is 27.8 Å². The summed E-state index contributed by atoms with van der Waals surface area (Å²) in [5.74, 6) is 0.823. The van der Waals surface area contributed by atoms with Crippen molar-refractivity contribution in [2.24, 2.45) is 0 Å². The van der Waals surface area contributed by atoms with Crippen LogP contribution in [0.1, 0.15) is 26.3 Å². The minimum absolute atomic E-state index is 0.00428. The summed E-state index contributed by atoms with van der Waals surface area (Å²) in [4.78, 5) is 25.4. The van der Waals surface area contributed by atoms with Gasteiger partial charge in [0.1, 0.15) is 11.5 Å². The summed E-state index contributed by atoms with van der Waals surface area (Å²) in [6.45, 7) is 5.67. The van der Waals surface area contributed by atoms with E-state index in [2.05, 4.69) is 5.32 Å². The van der Waals surface area contributed by atoms with Crippen molar-refractivity contribution in [2.45, 2.75) is 26.3 Å². The van der Waals surface area contributed by atoms with Crippen molar-refractivity contribution in [1.29, 1.82) is 0 Å². The van der Waals surface area contributed by atoms with Crippen molar-refractivity contribution in [1.82, 2.24) is 10.2 Å². The maximum Gasteiger partial charge on any atom is 0.246 e. The van der Waals surface area contributed by atoms with Crippen LogP contribution in [0.3, 0.4) is 0 Å². The molecule has 132 valence electrons. The first kappa shape index (κ1) is 19.5. The van der Waals surface area contributed by atoms with Crippen LogP contribution in [0.25, 0.3) is 6.08 Å². The van der Waals surface area contributed by atoms with E-state index in [1.54, 1.807) is 45.5 Å². The molecule has 0 saturated heterocycles. The van der Waals surface area contributed by atoms with E-state index in [9.17, 15) is 9.59 Å². The fourth-order valence-electron chi connectivity index (χ4n) is 2.01. The molecule has 0 aliphatic rings. The van der Waals surface area contributed by atoms with E-state index in [4.69, 9.17) is 9.47 Å². The molecule has 24 heavy (non-hydrogen) atoms. The van der Waals surface area contributed by atoms with E-state index in [1.807, 2.05) is 20.8 Å². The third kappa shape index (κ3) is 6.32. The summed E-state index contributed by atoms with van der Waals surface area (Å²) >= 11 is 0. The maximum atomic E-state index is 12.2. The number of methoxy groups -OCH3 is 2. The van der Waals surface area contributed by atoms with Gasteiger partial charge in [0, 0.05) is 24.2 Å². The second-order valence-corrected chi connectivity index (χ2v) is 6.43. The summed E-state index contributed by atoms with van der Waals surface area (Å²) in [5.41, 5.74) is 0.392. The van der Waals surface area contributed by atoms with Gasteiger partial charge in [0.25, 0.3) is 0 Å². The van der Waals surface area contributed by atoms with Gasteiger partial charge in [-0.05, 0) is 45.0 Å². The summed E-state index contributed by atoms with van der Waals surface area (Å²) in [6.07, 6.45) is 3.05. The van der Waals surface area contributed by atoms with Crippen LogP contribution in [0.5, 0.6) is 11.5 Å². The molecule has 0 fully saturated rings. The molecule has 2 amide bonds. The highest BCUT2D eigenvalue weighted by molar-refractivity contribution is 5.94. The molecule has 0 radical (unpaired) electrons. The van der Waals surface area contributed by atoms with Gasteiger partial charge in [0.05, 0.1) is 20.8 Å². The molecular weight excluding hydrogens is 308 g/mol. The van der Waals surface area contributed by atoms with E-state index in [0.29, 0.717) is 11.5 Å². The van der Waals surface area contributed by atoms with Crippen molar-refractivity contribution in [3.05, 3.63) is 29.8 Å². The Labute approximate surface area is 143 Å². The quantitative estimate of drug-likeness (QED) is 0.809. The van der Waals surface area contributed by atoms with Gasteiger partial charge in [-0.1, -0.05) is 0 Å². The number of nitrogens with zero attached hydrogens (tertiary/aromatic N) is 1. The number of likely N-dealkylation sites (N-methyl/N-ethyl adjacent to an activating group) is 1. The fraction of sp³-hybridized carbons (Fsp3) is 0.444. The van der Waals surface area contributed by atoms with Crippen LogP contribution in [0.15, 0.2) is 24.3 Å². The zero-order valence-corrected chi connectivity index (χ0v) is 15.2. The summed E-state index contributed by atoms with van der Waals surface area (Å²) in [6, 6.07) is 5.32. The first-order valence-electron chi connectivity index (χ1n) is 7.62. The first-order valence-corrected chi connectivity index (χ1v) is 7.62. The number of ether oxygens (including phenoxy) is 2. The van der Waals surface area contributed by atoms with Crippen molar-refractivity contribution < 1.29 is 19.1 Å². The van der Waals surface area contributed by atoms with E-state index in [-0.39, 0.29) is 23.9 Å². The van der Waals surface area contributed by atoms with Gasteiger partial charge in [-0.3, -0.25) is 9.59 Å². The Morgan fingerprint density at radius 2 is 1.88 bits per heavy atom. The lowest BCUT2D eigenvalue weighted by Gasteiger charge is -2.22. The van der Waals surface area contributed by atoms with Crippen molar-refractivity contribution >= 4 is 17.9 Å². The summed E-state index contributed by atoms with van der Waals surface area (Å²) in [7, 11) is 4.71. The van der Waals surface area contributed by atoms with Gasteiger partial charge in [-0.25, -0.2) is 0 Å². The number of carbonyl (C=O) groups excluding carboxylic acids is 2. The molecule has 1 aromatic carbocycles. The number of hydrogen-bond donors (Lipinski definition) is 1. The molecule has 0 spiro atoms. The maximum absolute atomic E-state index is 12.2. The molecule has 6 heteroatoms. The average Bonchev–Trinajstić information content (AvgIpc) is 2.50. The Hall–Kier alpha value is -2.50. The number of nitrogens with one attached hydrogen (secondary N) is 1. The molecule has 0 saturated carbocycles. The second kappa shape index (κ2) is 8.38. The summed E-state index contributed by atoms with van der Waals surface area (Å²) < 4.78 is 10.4. The van der Waals surface area contributed by atoms with E-state index >= 15 is 0 Å². The molecule has 1 N–H and O–H groups in total. The number of carbonyl (C=O) groups is 2. The molecule has 0 aliphatic heterocycles. The Morgan fingerprint density at radius 3 is 2.42 bits per heavy atom. The lowest BCUT2D eigenvalue weighted by atomic mass is 10.1. The molecule has 0 bridgehead atoms. The van der Waals surface area contributed by atoms with Gasteiger partial charge in [0.2, 0.25) is 11.8 Å². The minimum atomic E-state index is -0.329. The van der Waals surface area contributed by atoms with Gasteiger partial charge < -0.3 is 19.7 Å². The third-order valence-corrected chi connectivity index (χ3v) is 3.11. The number of benzene rings is 1. The Bertz CT molecular complexity index is 618. The number of rotatable bonds is 6. The molecule has 0 unspecified atom stereocenters. The highest BCUT2D eigenvalue weighted by Crippen LogP contribution is 2.25. The minimum Gasteiger partial charge on any atom is -0.497 e. The first-order chi connectivity index (χ1) is 11.2. The van der Waals surface area contributed by atoms with E-state index < -0.39 is 0 Å². The smallest absolute Gasteiger partial charge is 0.246 e. The molecule has 6 nitrogen and oxygen atoms in total. The fourth-order valence-corrected chi connectivity index (χ4v) is 2.01. The summed E-state index contributed by atoms with van der Waals surface area (Å²) in [5, 5.41) is 2.82. The van der Waals surface area contributed by atoms with Crippen LogP contribution in [-0.4, -0.2) is 50.1 Å². The molecule has 0 aliphatic carbocycles. The van der Waals surface area contributed by atoms with Crippen molar-refractivity contribution in [3.8, 4) is 11.5 Å². The standard InChI is InChI=1S/C18H26N2O4/c1-18(2,3)19-16(21)12-20(4)17(22)10-7-13-11-14(23-5)8-9-15(13)24-6/h7-11H,12H2,1-6H3,(H,19,21)/b10-7+. The zero-order chi connectivity index (χ0) is 18.3. The predicted molar refractivity (Wildman–Crippen MR) is 94.1 cm³/mol. The van der Waals surface area contributed by atoms with Crippen LogP contribution >= 0.6 is 0 Å². The second-order valence-electron chi connectivity index (χ2n) is 6.43. The van der Waals surface area contributed by atoms with E-state index in [1.165, 1.54) is 11.0 Å². The highest BCUT2D eigenvalue weighted by atomic mass is 16.5.